The second-order valence-corrected chi connectivity index (χ2v) is 4.16. The van der Waals surface area contributed by atoms with E-state index in [-0.39, 0.29) is 24.8 Å². The third-order valence-corrected chi connectivity index (χ3v) is 2.71. The number of aromatic nitrogens is 2. The molecule has 2 rings (SSSR count). The first-order valence-electron chi connectivity index (χ1n) is 4.99. The summed E-state index contributed by atoms with van der Waals surface area (Å²) in [6.45, 7) is 4.32. The van der Waals surface area contributed by atoms with E-state index >= 15 is 0 Å². The molecule has 0 saturated carbocycles. The Morgan fingerprint density at radius 2 is 2.13 bits per heavy atom. The molecule has 3 nitrogen and oxygen atoms in total. The minimum Gasteiger partial charge on any atom is -0.327 e. The van der Waals surface area contributed by atoms with Crippen LogP contribution in [-0.4, -0.2) is 15.8 Å². The lowest BCUT2D eigenvalue weighted by molar-refractivity contribution is 0.476. The highest BCUT2D eigenvalue weighted by molar-refractivity contribution is 5.85. The van der Waals surface area contributed by atoms with Crippen LogP contribution in [0.4, 0.5) is 0 Å². The number of rotatable bonds is 1. The summed E-state index contributed by atoms with van der Waals surface area (Å²) >= 11 is 0. The number of aryl methyl sites for hydroxylation is 1. The van der Waals surface area contributed by atoms with Crippen molar-refractivity contribution in [1.29, 1.82) is 0 Å². The monoisotopic (exact) mass is 251 g/mol. The normalized spacial score (nSPS) is 19.1. The molecule has 0 saturated heterocycles. The standard InChI is InChI=1S/C10H17N3.2ClH/c1-7(2)13-10-5-9(11)4-3-8(10)6-12-13;;/h6-7,9H,3-5,11H2,1-2H3;2*1H. The average molecular weight is 252 g/mol. The molecule has 2 N–H and O–H groups in total. The number of hydrogen-bond donors (Lipinski definition) is 1. The Bertz CT molecular complexity index is 310. The van der Waals surface area contributed by atoms with Crippen molar-refractivity contribution in [2.24, 2.45) is 5.73 Å². The van der Waals surface area contributed by atoms with E-state index in [4.69, 9.17) is 5.73 Å². The molecule has 1 atom stereocenters. The molecule has 5 heteroatoms. The molecule has 1 unspecified atom stereocenters. The van der Waals surface area contributed by atoms with Gasteiger partial charge >= 0.3 is 0 Å². The van der Waals surface area contributed by atoms with Gasteiger partial charge in [-0.2, -0.15) is 5.10 Å². The van der Waals surface area contributed by atoms with Crippen LogP contribution in [0.15, 0.2) is 6.20 Å². The highest BCUT2D eigenvalue weighted by Crippen LogP contribution is 2.22. The highest BCUT2D eigenvalue weighted by atomic mass is 35.5. The zero-order valence-corrected chi connectivity index (χ0v) is 10.8. The van der Waals surface area contributed by atoms with Gasteiger partial charge < -0.3 is 5.73 Å². The summed E-state index contributed by atoms with van der Waals surface area (Å²) in [5.74, 6) is 0. The molecule has 0 spiro atoms. The summed E-state index contributed by atoms with van der Waals surface area (Å²) in [5.41, 5.74) is 8.69. The first-order valence-corrected chi connectivity index (χ1v) is 4.99. The molecule has 1 heterocycles. The fraction of sp³-hybridized carbons (Fsp3) is 0.700. The highest BCUT2D eigenvalue weighted by Gasteiger charge is 2.20. The molecule has 0 aliphatic heterocycles. The van der Waals surface area contributed by atoms with Crippen molar-refractivity contribution in [1.82, 2.24) is 9.78 Å². The summed E-state index contributed by atoms with van der Waals surface area (Å²) in [6.07, 6.45) is 5.20. The Hall–Kier alpha value is -0.250. The molecule has 1 aromatic heterocycles. The summed E-state index contributed by atoms with van der Waals surface area (Å²) in [7, 11) is 0. The number of nitrogens with zero attached hydrogens (tertiary/aromatic N) is 2. The van der Waals surface area contributed by atoms with Crippen LogP contribution in [0.2, 0.25) is 0 Å². The fourth-order valence-corrected chi connectivity index (χ4v) is 1.99. The van der Waals surface area contributed by atoms with Crippen molar-refractivity contribution in [2.75, 3.05) is 0 Å². The van der Waals surface area contributed by atoms with Gasteiger partial charge in [-0.3, -0.25) is 4.68 Å². The van der Waals surface area contributed by atoms with Gasteiger partial charge in [0.1, 0.15) is 0 Å². The van der Waals surface area contributed by atoms with Gasteiger partial charge in [0.2, 0.25) is 0 Å². The quantitative estimate of drug-likeness (QED) is 0.832. The number of halogens is 2. The molecule has 1 aliphatic carbocycles. The lowest BCUT2D eigenvalue weighted by Gasteiger charge is -2.20. The zero-order valence-electron chi connectivity index (χ0n) is 9.14. The molecule has 0 radical (unpaired) electrons. The summed E-state index contributed by atoms with van der Waals surface area (Å²) in [4.78, 5) is 0. The van der Waals surface area contributed by atoms with Crippen LogP contribution in [0, 0.1) is 0 Å². The van der Waals surface area contributed by atoms with Gasteiger partial charge in [0.05, 0.1) is 6.20 Å². The van der Waals surface area contributed by atoms with E-state index in [1.165, 1.54) is 11.3 Å². The number of nitrogens with two attached hydrogens (primary N) is 1. The Balaban J connectivity index is 0.000000980. The predicted molar refractivity (Wildman–Crippen MR) is 67.1 cm³/mol. The minimum atomic E-state index is 0. The van der Waals surface area contributed by atoms with Gasteiger partial charge in [0.15, 0.2) is 0 Å². The van der Waals surface area contributed by atoms with E-state index in [1.807, 2.05) is 6.20 Å². The SMILES string of the molecule is CC(C)n1ncc2c1CC(N)CC2.Cl.Cl. The van der Waals surface area contributed by atoms with E-state index in [0.29, 0.717) is 12.1 Å². The summed E-state index contributed by atoms with van der Waals surface area (Å²) < 4.78 is 2.11. The smallest absolute Gasteiger partial charge is 0.0524 e. The van der Waals surface area contributed by atoms with Crippen LogP contribution in [0.25, 0.3) is 0 Å². The molecule has 0 bridgehead atoms. The fourth-order valence-electron chi connectivity index (χ4n) is 1.99. The van der Waals surface area contributed by atoms with Crippen molar-refractivity contribution in [3.8, 4) is 0 Å². The van der Waals surface area contributed by atoms with Gasteiger partial charge in [0, 0.05) is 24.2 Å². The van der Waals surface area contributed by atoms with Crippen molar-refractivity contribution < 1.29 is 0 Å². The first kappa shape index (κ1) is 14.8. The summed E-state index contributed by atoms with van der Waals surface area (Å²) in [6, 6.07) is 0.788. The van der Waals surface area contributed by atoms with E-state index < -0.39 is 0 Å². The van der Waals surface area contributed by atoms with Crippen molar-refractivity contribution in [3.05, 3.63) is 17.5 Å². The maximum Gasteiger partial charge on any atom is 0.0524 e. The Morgan fingerprint density at radius 1 is 1.47 bits per heavy atom. The van der Waals surface area contributed by atoms with Gasteiger partial charge in [-0.25, -0.2) is 0 Å². The zero-order chi connectivity index (χ0) is 9.42. The molecule has 0 fully saturated rings. The Morgan fingerprint density at radius 3 is 2.73 bits per heavy atom. The average Bonchev–Trinajstić information content (AvgIpc) is 2.46. The number of hydrogen-bond acceptors (Lipinski definition) is 2. The molecular weight excluding hydrogens is 233 g/mol. The molecule has 0 aromatic carbocycles. The van der Waals surface area contributed by atoms with Crippen LogP contribution in [0.5, 0.6) is 0 Å². The number of fused-ring (bicyclic) bond motifs is 1. The van der Waals surface area contributed by atoms with Gasteiger partial charge in [-0.1, -0.05) is 0 Å². The third kappa shape index (κ3) is 2.86. The topological polar surface area (TPSA) is 43.8 Å². The van der Waals surface area contributed by atoms with Crippen LogP contribution in [0.1, 0.15) is 37.6 Å². The third-order valence-electron chi connectivity index (χ3n) is 2.71. The van der Waals surface area contributed by atoms with E-state index in [0.717, 1.165) is 19.3 Å². The maximum atomic E-state index is 5.94. The van der Waals surface area contributed by atoms with Crippen LogP contribution in [-0.2, 0) is 12.8 Å². The molecule has 1 aliphatic rings. The van der Waals surface area contributed by atoms with Crippen molar-refractivity contribution >= 4 is 24.8 Å². The molecule has 15 heavy (non-hydrogen) atoms. The van der Waals surface area contributed by atoms with Gasteiger partial charge in [-0.05, 0) is 32.3 Å². The molecule has 88 valence electrons. The molecular formula is C10H19Cl2N3. The molecule has 1 aromatic rings. The summed E-state index contributed by atoms with van der Waals surface area (Å²) in [5, 5.41) is 4.39. The Labute approximate surface area is 103 Å². The van der Waals surface area contributed by atoms with Crippen molar-refractivity contribution in [3.63, 3.8) is 0 Å². The maximum absolute atomic E-state index is 5.94. The minimum absolute atomic E-state index is 0. The predicted octanol–water partition coefficient (Wildman–Crippen LogP) is 2.12. The van der Waals surface area contributed by atoms with E-state index in [1.54, 1.807) is 0 Å². The lowest BCUT2D eigenvalue weighted by Crippen LogP contribution is -2.29. The Kier molecular flexibility index (Phi) is 5.63. The second kappa shape index (κ2) is 5.73. The molecule has 0 amide bonds. The second-order valence-electron chi connectivity index (χ2n) is 4.16. The largest absolute Gasteiger partial charge is 0.327 e. The van der Waals surface area contributed by atoms with Crippen molar-refractivity contribution in [2.45, 2.75) is 45.2 Å². The van der Waals surface area contributed by atoms with Crippen LogP contribution in [0.3, 0.4) is 0 Å². The van der Waals surface area contributed by atoms with Gasteiger partial charge in [0.25, 0.3) is 0 Å². The van der Waals surface area contributed by atoms with E-state index in [9.17, 15) is 0 Å². The van der Waals surface area contributed by atoms with Gasteiger partial charge in [-0.15, -0.1) is 24.8 Å². The van der Waals surface area contributed by atoms with Crippen LogP contribution < -0.4 is 5.73 Å². The lowest BCUT2D eigenvalue weighted by atomic mass is 9.94. The van der Waals surface area contributed by atoms with Crippen LogP contribution >= 0.6 is 24.8 Å². The van der Waals surface area contributed by atoms with E-state index in [2.05, 4.69) is 23.6 Å². The first-order chi connectivity index (χ1) is 6.18.